The minimum Gasteiger partial charge on any atom is -0.322 e. The number of para-hydroxylation sites is 1. The van der Waals surface area contributed by atoms with Gasteiger partial charge in [-0.3, -0.25) is 14.6 Å². The smallest absolute Gasteiger partial charge is 0.274 e. The summed E-state index contributed by atoms with van der Waals surface area (Å²) in [6.07, 6.45) is 1.47. The molecule has 0 unspecified atom stereocenters. The standard InChI is InChI=1S/C24H25N3O2/c1-15(2)18-8-10-20(11-9-18)26-24(29)21-14-19(12-13-25-21)23(28)27-22-16(3)6-5-7-17(22)4/h5-15H,1-4H3,(H,26,29)(H,27,28). The Hall–Kier alpha value is -3.47. The monoisotopic (exact) mass is 387 g/mol. The molecule has 0 aliphatic carbocycles. The first kappa shape index (κ1) is 20.3. The maximum Gasteiger partial charge on any atom is 0.274 e. The van der Waals surface area contributed by atoms with Gasteiger partial charge in [-0.05, 0) is 60.7 Å². The minimum absolute atomic E-state index is 0.187. The molecule has 0 aliphatic rings. The number of nitrogens with one attached hydrogen (secondary N) is 2. The van der Waals surface area contributed by atoms with E-state index < -0.39 is 0 Å². The molecule has 0 bridgehead atoms. The average Bonchev–Trinajstić information content (AvgIpc) is 2.71. The van der Waals surface area contributed by atoms with E-state index in [1.54, 1.807) is 6.07 Å². The molecular weight excluding hydrogens is 362 g/mol. The van der Waals surface area contributed by atoms with Gasteiger partial charge in [0.05, 0.1) is 0 Å². The molecule has 0 saturated heterocycles. The summed E-state index contributed by atoms with van der Waals surface area (Å²) in [4.78, 5) is 29.4. The molecule has 29 heavy (non-hydrogen) atoms. The zero-order valence-corrected chi connectivity index (χ0v) is 17.1. The van der Waals surface area contributed by atoms with Crippen LogP contribution in [0.1, 0.15) is 57.3 Å². The second kappa shape index (κ2) is 8.69. The molecular formula is C24H25N3O2. The van der Waals surface area contributed by atoms with Crippen LogP contribution >= 0.6 is 0 Å². The zero-order chi connectivity index (χ0) is 21.0. The van der Waals surface area contributed by atoms with Crippen molar-refractivity contribution in [1.82, 2.24) is 4.98 Å². The fourth-order valence-electron chi connectivity index (χ4n) is 3.04. The molecule has 2 amide bonds. The normalized spacial score (nSPS) is 10.7. The molecule has 0 aliphatic heterocycles. The Bertz CT molecular complexity index is 1020. The lowest BCUT2D eigenvalue weighted by Crippen LogP contribution is -2.17. The summed E-state index contributed by atoms with van der Waals surface area (Å²) in [5.74, 6) is -0.211. The molecule has 0 fully saturated rings. The highest BCUT2D eigenvalue weighted by atomic mass is 16.2. The van der Waals surface area contributed by atoms with E-state index >= 15 is 0 Å². The second-order valence-corrected chi connectivity index (χ2v) is 7.38. The van der Waals surface area contributed by atoms with Crippen LogP contribution in [0.5, 0.6) is 0 Å². The number of carbonyl (C=O) groups is 2. The van der Waals surface area contributed by atoms with Gasteiger partial charge in [-0.25, -0.2) is 0 Å². The number of hydrogen-bond acceptors (Lipinski definition) is 3. The number of aromatic nitrogens is 1. The first-order chi connectivity index (χ1) is 13.8. The summed E-state index contributed by atoms with van der Waals surface area (Å²) >= 11 is 0. The second-order valence-electron chi connectivity index (χ2n) is 7.38. The molecule has 0 atom stereocenters. The van der Waals surface area contributed by atoms with Crippen molar-refractivity contribution >= 4 is 23.2 Å². The van der Waals surface area contributed by atoms with Crippen LogP contribution in [0.15, 0.2) is 60.8 Å². The van der Waals surface area contributed by atoms with Gasteiger partial charge in [-0.15, -0.1) is 0 Å². The third-order valence-electron chi connectivity index (χ3n) is 4.81. The van der Waals surface area contributed by atoms with Gasteiger partial charge in [-0.2, -0.15) is 0 Å². The molecule has 1 heterocycles. The quantitative estimate of drug-likeness (QED) is 0.622. The lowest BCUT2D eigenvalue weighted by Gasteiger charge is -2.12. The lowest BCUT2D eigenvalue weighted by molar-refractivity contribution is 0.102. The molecule has 2 N–H and O–H groups in total. The molecule has 0 saturated carbocycles. The maximum atomic E-state index is 12.7. The van der Waals surface area contributed by atoms with Crippen molar-refractivity contribution in [2.75, 3.05) is 10.6 Å². The Kier molecular flexibility index (Phi) is 6.07. The first-order valence-electron chi connectivity index (χ1n) is 9.60. The predicted octanol–water partition coefficient (Wildman–Crippen LogP) is 5.33. The van der Waals surface area contributed by atoms with Crippen molar-refractivity contribution in [3.8, 4) is 0 Å². The Morgan fingerprint density at radius 2 is 1.52 bits per heavy atom. The van der Waals surface area contributed by atoms with Crippen LogP contribution in [0.25, 0.3) is 0 Å². The fourth-order valence-corrected chi connectivity index (χ4v) is 3.04. The molecule has 148 valence electrons. The Labute approximate surface area is 171 Å². The van der Waals surface area contributed by atoms with Crippen molar-refractivity contribution in [3.05, 3.63) is 88.7 Å². The van der Waals surface area contributed by atoms with E-state index in [0.717, 1.165) is 16.8 Å². The van der Waals surface area contributed by atoms with Gasteiger partial charge in [0.1, 0.15) is 5.69 Å². The maximum absolute atomic E-state index is 12.7. The summed E-state index contributed by atoms with van der Waals surface area (Å²) in [5.41, 5.74) is 5.20. The van der Waals surface area contributed by atoms with E-state index in [1.165, 1.54) is 17.8 Å². The van der Waals surface area contributed by atoms with Crippen LogP contribution in [0.3, 0.4) is 0 Å². The number of nitrogens with zero attached hydrogens (tertiary/aromatic N) is 1. The summed E-state index contributed by atoms with van der Waals surface area (Å²) in [6, 6.07) is 16.6. The number of amides is 2. The first-order valence-corrected chi connectivity index (χ1v) is 9.60. The van der Waals surface area contributed by atoms with E-state index in [9.17, 15) is 9.59 Å². The van der Waals surface area contributed by atoms with Crippen molar-refractivity contribution in [2.24, 2.45) is 0 Å². The number of carbonyl (C=O) groups excluding carboxylic acids is 2. The average molecular weight is 387 g/mol. The van der Waals surface area contributed by atoms with E-state index in [2.05, 4.69) is 29.5 Å². The molecule has 5 nitrogen and oxygen atoms in total. The highest BCUT2D eigenvalue weighted by Gasteiger charge is 2.14. The van der Waals surface area contributed by atoms with Gasteiger partial charge in [0.2, 0.25) is 0 Å². The third kappa shape index (κ3) is 4.88. The molecule has 3 aromatic rings. The Morgan fingerprint density at radius 1 is 0.862 bits per heavy atom. The lowest BCUT2D eigenvalue weighted by atomic mass is 10.0. The number of anilines is 2. The SMILES string of the molecule is Cc1cccc(C)c1NC(=O)c1ccnc(C(=O)Nc2ccc(C(C)C)cc2)c1. The van der Waals surface area contributed by atoms with E-state index in [-0.39, 0.29) is 17.5 Å². The Morgan fingerprint density at radius 3 is 2.14 bits per heavy atom. The van der Waals surface area contributed by atoms with E-state index in [4.69, 9.17) is 0 Å². The van der Waals surface area contributed by atoms with Crippen LogP contribution in [-0.2, 0) is 0 Å². The van der Waals surface area contributed by atoms with Crippen LogP contribution in [-0.4, -0.2) is 16.8 Å². The van der Waals surface area contributed by atoms with Crippen LogP contribution in [0.4, 0.5) is 11.4 Å². The van der Waals surface area contributed by atoms with Gasteiger partial charge in [-0.1, -0.05) is 44.2 Å². The summed E-state index contributed by atoms with van der Waals surface area (Å²) in [6.45, 7) is 8.12. The van der Waals surface area contributed by atoms with Gasteiger partial charge < -0.3 is 10.6 Å². The highest BCUT2D eigenvalue weighted by Crippen LogP contribution is 2.21. The number of pyridine rings is 1. The highest BCUT2D eigenvalue weighted by molar-refractivity contribution is 6.08. The van der Waals surface area contributed by atoms with Gasteiger partial charge in [0.15, 0.2) is 0 Å². The summed E-state index contributed by atoms with van der Waals surface area (Å²) in [5, 5.41) is 5.75. The van der Waals surface area contributed by atoms with Crippen LogP contribution < -0.4 is 10.6 Å². The van der Waals surface area contributed by atoms with Crippen LogP contribution in [0, 0.1) is 13.8 Å². The molecule has 0 radical (unpaired) electrons. The molecule has 5 heteroatoms. The van der Waals surface area contributed by atoms with E-state index in [0.29, 0.717) is 17.2 Å². The number of benzene rings is 2. The molecule has 1 aromatic heterocycles. The molecule has 0 spiro atoms. The van der Waals surface area contributed by atoms with Crippen molar-refractivity contribution in [3.63, 3.8) is 0 Å². The summed E-state index contributed by atoms with van der Waals surface area (Å²) in [7, 11) is 0. The Balaban J connectivity index is 1.74. The van der Waals surface area contributed by atoms with E-state index in [1.807, 2.05) is 56.3 Å². The van der Waals surface area contributed by atoms with Gasteiger partial charge in [0, 0.05) is 23.1 Å². The topological polar surface area (TPSA) is 71.1 Å². The molecule has 2 aromatic carbocycles. The van der Waals surface area contributed by atoms with Crippen LogP contribution in [0.2, 0.25) is 0 Å². The van der Waals surface area contributed by atoms with Gasteiger partial charge in [0.25, 0.3) is 11.8 Å². The predicted molar refractivity (Wildman–Crippen MR) is 117 cm³/mol. The third-order valence-corrected chi connectivity index (χ3v) is 4.81. The number of rotatable bonds is 5. The minimum atomic E-state index is -0.357. The number of hydrogen-bond donors (Lipinski definition) is 2. The van der Waals surface area contributed by atoms with Crippen molar-refractivity contribution in [1.29, 1.82) is 0 Å². The van der Waals surface area contributed by atoms with Crippen molar-refractivity contribution in [2.45, 2.75) is 33.6 Å². The number of aryl methyl sites for hydroxylation is 2. The summed E-state index contributed by atoms with van der Waals surface area (Å²) < 4.78 is 0. The van der Waals surface area contributed by atoms with Crippen molar-refractivity contribution < 1.29 is 9.59 Å². The van der Waals surface area contributed by atoms with Gasteiger partial charge >= 0.3 is 0 Å². The zero-order valence-electron chi connectivity index (χ0n) is 17.1. The largest absolute Gasteiger partial charge is 0.322 e. The molecule has 3 rings (SSSR count). The fraction of sp³-hybridized carbons (Fsp3) is 0.208.